The van der Waals surface area contributed by atoms with Gasteiger partial charge in [-0.2, -0.15) is 0 Å². The van der Waals surface area contributed by atoms with Gasteiger partial charge in [0.05, 0.1) is 4.92 Å². The average Bonchev–Trinajstić information content (AvgIpc) is 2.46. The van der Waals surface area contributed by atoms with Crippen LogP contribution in [0.4, 0.5) is 5.69 Å². The van der Waals surface area contributed by atoms with Crippen molar-refractivity contribution < 1.29 is 9.72 Å². The highest BCUT2D eigenvalue weighted by atomic mass is 35.5. The van der Waals surface area contributed by atoms with Crippen LogP contribution in [0.5, 0.6) is 0 Å². The van der Waals surface area contributed by atoms with Gasteiger partial charge in [-0.15, -0.1) is 0 Å². The molecule has 1 aliphatic carbocycles. The molecular formula is C14H17ClN2O3. The summed E-state index contributed by atoms with van der Waals surface area (Å²) in [7, 11) is 1.71. The zero-order valence-electron chi connectivity index (χ0n) is 11.3. The molecule has 1 aromatic carbocycles. The van der Waals surface area contributed by atoms with E-state index in [-0.39, 0.29) is 23.2 Å². The second-order valence-electron chi connectivity index (χ2n) is 5.13. The summed E-state index contributed by atoms with van der Waals surface area (Å²) in [5.41, 5.74) is -0.127. The number of nitro benzene ring substituents is 1. The Kier molecular flexibility index (Phi) is 4.60. The van der Waals surface area contributed by atoms with Gasteiger partial charge in [-0.25, -0.2) is 0 Å². The summed E-state index contributed by atoms with van der Waals surface area (Å²) in [5.74, 6) is -0.328. The number of nitrogens with zero attached hydrogens (tertiary/aromatic N) is 2. The van der Waals surface area contributed by atoms with Gasteiger partial charge in [-0.1, -0.05) is 30.9 Å². The van der Waals surface area contributed by atoms with Gasteiger partial charge in [-0.3, -0.25) is 14.9 Å². The van der Waals surface area contributed by atoms with Crippen LogP contribution in [-0.4, -0.2) is 28.8 Å². The Morgan fingerprint density at radius 1 is 1.35 bits per heavy atom. The van der Waals surface area contributed by atoms with Crippen LogP contribution in [0.2, 0.25) is 5.02 Å². The van der Waals surface area contributed by atoms with E-state index in [1.807, 2.05) is 0 Å². The molecule has 0 spiro atoms. The molecule has 108 valence electrons. The molecule has 0 atom stereocenters. The van der Waals surface area contributed by atoms with Gasteiger partial charge in [0.25, 0.3) is 11.6 Å². The fourth-order valence-electron chi connectivity index (χ4n) is 2.66. The first-order chi connectivity index (χ1) is 9.50. The topological polar surface area (TPSA) is 63.5 Å². The Bertz CT molecular complexity index is 527. The molecule has 1 saturated carbocycles. The van der Waals surface area contributed by atoms with Crippen LogP contribution in [-0.2, 0) is 0 Å². The smallest absolute Gasteiger partial charge is 0.282 e. The van der Waals surface area contributed by atoms with Crippen molar-refractivity contribution in [2.75, 3.05) is 7.05 Å². The molecule has 0 N–H and O–H groups in total. The Labute approximate surface area is 122 Å². The fourth-order valence-corrected chi connectivity index (χ4v) is 2.84. The Morgan fingerprint density at radius 2 is 2.00 bits per heavy atom. The molecule has 2 rings (SSSR count). The van der Waals surface area contributed by atoms with E-state index < -0.39 is 4.92 Å². The second kappa shape index (κ2) is 6.22. The summed E-state index contributed by atoms with van der Waals surface area (Å²) in [6.07, 6.45) is 5.29. The van der Waals surface area contributed by atoms with E-state index in [0.717, 1.165) is 25.7 Å². The number of halogens is 1. The minimum atomic E-state index is -0.543. The van der Waals surface area contributed by atoms with E-state index in [0.29, 0.717) is 5.02 Å². The summed E-state index contributed by atoms with van der Waals surface area (Å²) in [4.78, 5) is 24.6. The molecule has 1 aliphatic rings. The largest absolute Gasteiger partial charge is 0.339 e. The van der Waals surface area contributed by atoms with Crippen LogP contribution < -0.4 is 0 Å². The molecule has 0 bridgehead atoms. The molecule has 20 heavy (non-hydrogen) atoms. The van der Waals surface area contributed by atoms with E-state index in [9.17, 15) is 14.9 Å². The quantitative estimate of drug-likeness (QED) is 0.631. The number of hydrogen-bond acceptors (Lipinski definition) is 3. The van der Waals surface area contributed by atoms with Gasteiger partial charge in [0.1, 0.15) is 5.56 Å². The molecule has 5 nitrogen and oxygen atoms in total. The number of rotatable bonds is 3. The minimum Gasteiger partial charge on any atom is -0.339 e. The normalized spacial score (nSPS) is 15.9. The minimum absolute atomic E-state index is 0.0653. The van der Waals surface area contributed by atoms with Crippen molar-refractivity contribution >= 4 is 23.2 Å². The zero-order valence-corrected chi connectivity index (χ0v) is 12.1. The molecule has 0 aliphatic heterocycles. The van der Waals surface area contributed by atoms with Crippen molar-refractivity contribution in [3.8, 4) is 0 Å². The molecule has 0 saturated heterocycles. The molecule has 1 amide bonds. The van der Waals surface area contributed by atoms with Crippen molar-refractivity contribution in [2.45, 2.75) is 38.1 Å². The number of amides is 1. The third-order valence-electron chi connectivity index (χ3n) is 3.83. The van der Waals surface area contributed by atoms with Gasteiger partial charge in [0, 0.05) is 24.2 Å². The molecule has 0 heterocycles. The van der Waals surface area contributed by atoms with Gasteiger partial charge < -0.3 is 4.90 Å². The number of carbonyl (C=O) groups excluding carboxylic acids is 1. The SMILES string of the molecule is CN(C(=O)c1cc(Cl)ccc1[N+](=O)[O-])C1CCCCC1. The lowest BCUT2D eigenvalue weighted by Gasteiger charge is -2.31. The van der Waals surface area contributed by atoms with Crippen molar-refractivity contribution in [3.63, 3.8) is 0 Å². The lowest BCUT2D eigenvalue weighted by Crippen LogP contribution is -2.38. The summed E-state index contributed by atoms with van der Waals surface area (Å²) >= 11 is 5.86. The lowest BCUT2D eigenvalue weighted by atomic mass is 9.94. The Morgan fingerprint density at radius 3 is 2.60 bits per heavy atom. The molecule has 0 aromatic heterocycles. The molecular weight excluding hydrogens is 280 g/mol. The molecule has 6 heteroatoms. The first kappa shape index (κ1) is 14.8. The Hall–Kier alpha value is -1.62. The highest BCUT2D eigenvalue weighted by Crippen LogP contribution is 2.27. The summed E-state index contributed by atoms with van der Waals surface area (Å²) in [5, 5.41) is 11.4. The Balaban J connectivity index is 2.27. The highest BCUT2D eigenvalue weighted by Gasteiger charge is 2.28. The van der Waals surface area contributed by atoms with E-state index in [2.05, 4.69) is 0 Å². The van der Waals surface area contributed by atoms with E-state index in [4.69, 9.17) is 11.6 Å². The first-order valence-electron chi connectivity index (χ1n) is 6.72. The van der Waals surface area contributed by atoms with Crippen molar-refractivity contribution in [1.82, 2.24) is 4.90 Å². The van der Waals surface area contributed by atoms with Crippen LogP contribution in [0.1, 0.15) is 42.5 Å². The van der Waals surface area contributed by atoms with E-state index in [1.54, 1.807) is 11.9 Å². The van der Waals surface area contributed by atoms with Crippen LogP contribution >= 0.6 is 11.6 Å². The molecule has 0 unspecified atom stereocenters. The van der Waals surface area contributed by atoms with Crippen LogP contribution in [0.25, 0.3) is 0 Å². The van der Waals surface area contributed by atoms with Gasteiger partial charge >= 0.3 is 0 Å². The number of carbonyl (C=O) groups is 1. The van der Waals surface area contributed by atoms with Gasteiger partial charge in [0.2, 0.25) is 0 Å². The summed E-state index contributed by atoms with van der Waals surface area (Å²) in [6, 6.07) is 4.25. The first-order valence-corrected chi connectivity index (χ1v) is 7.09. The maximum atomic E-state index is 12.5. The van der Waals surface area contributed by atoms with Crippen molar-refractivity contribution in [2.24, 2.45) is 0 Å². The average molecular weight is 297 g/mol. The summed E-state index contributed by atoms with van der Waals surface area (Å²) < 4.78 is 0. The van der Waals surface area contributed by atoms with Crippen molar-refractivity contribution in [3.05, 3.63) is 38.9 Å². The maximum absolute atomic E-state index is 12.5. The predicted molar refractivity (Wildman–Crippen MR) is 77.1 cm³/mol. The van der Waals surface area contributed by atoms with E-state index >= 15 is 0 Å². The van der Waals surface area contributed by atoms with Crippen LogP contribution in [0.3, 0.4) is 0 Å². The molecule has 0 radical (unpaired) electrons. The third-order valence-corrected chi connectivity index (χ3v) is 4.06. The van der Waals surface area contributed by atoms with Crippen molar-refractivity contribution in [1.29, 1.82) is 0 Å². The number of hydrogen-bond donors (Lipinski definition) is 0. The summed E-state index contributed by atoms with van der Waals surface area (Å²) in [6.45, 7) is 0. The standard InChI is InChI=1S/C14H17ClN2O3/c1-16(11-5-3-2-4-6-11)14(18)12-9-10(15)7-8-13(12)17(19)20/h7-9,11H,2-6H2,1H3. The monoisotopic (exact) mass is 296 g/mol. The van der Waals surface area contributed by atoms with E-state index in [1.165, 1.54) is 24.6 Å². The molecule has 1 aromatic rings. The van der Waals surface area contributed by atoms with Crippen LogP contribution in [0, 0.1) is 10.1 Å². The zero-order chi connectivity index (χ0) is 14.7. The van der Waals surface area contributed by atoms with Crippen LogP contribution in [0.15, 0.2) is 18.2 Å². The van der Waals surface area contributed by atoms with Gasteiger partial charge in [-0.05, 0) is 25.0 Å². The number of nitro groups is 1. The third kappa shape index (κ3) is 3.10. The maximum Gasteiger partial charge on any atom is 0.282 e. The van der Waals surface area contributed by atoms with Gasteiger partial charge in [0.15, 0.2) is 0 Å². The second-order valence-corrected chi connectivity index (χ2v) is 5.56. The lowest BCUT2D eigenvalue weighted by molar-refractivity contribution is -0.385. The highest BCUT2D eigenvalue weighted by molar-refractivity contribution is 6.31. The fraction of sp³-hybridized carbons (Fsp3) is 0.500. The number of benzene rings is 1. The molecule has 1 fully saturated rings. The predicted octanol–water partition coefficient (Wildman–Crippen LogP) is 3.65.